The molecule has 2 atom stereocenters. The normalized spacial score (nSPS) is 14.8. The summed E-state index contributed by atoms with van der Waals surface area (Å²) in [5, 5.41) is 13.5. The molecule has 0 aliphatic rings. The van der Waals surface area contributed by atoms with Gasteiger partial charge < -0.3 is 10.4 Å². The van der Waals surface area contributed by atoms with E-state index >= 15 is 0 Å². The average molecular weight is 284 g/mol. The van der Waals surface area contributed by atoms with Gasteiger partial charge in [-0.1, -0.05) is 44.5 Å². The van der Waals surface area contributed by atoms with Crippen molar-refractivity contribution in [2.24, 2.45) is 5.41 Å². The highest BCUT2D eigenvalue weighted by Gasteiger charge is 2.22. The molecule has 0 aromatic heterocycles. The number of aliphatic hydroxyl groups excluding tert-OH is 1. The molecule has 19 heavy (non-hydrogen) atoms. The summed E-state index contributed by atoms with van der Waals surface area (Å²) in [6.07, 6.45) is -0.744. The third-order valence-electron chi connectivity index (χ3n) is 3.31. The van der Waals surface area contributed by atoms with Gasteiger partial charge in [-0.05, 0) is 30.0 Å². The molecule has 106 valence electrons. The maximum absolute atomic E-state index is 11.9. The quantitative estimate of drug-likeness (QED) is 0.891. The van der Waals surface area contributed by atoms with Crippen LogP contribution in [0.3, 0.4) is 0 Å². The van der Waals surface area contributed by atoms with Crippen LogP contribution >= 0.6 is 11.6 Å². The SMILES string of the molecule is CC(NC(=O)CC(O)c1ccc(Cl)cc1)C(C)(C)C. The molecule has 0 radical (unpaired) electrons. The highest BCUT2D eigenvalue weighted by atomic mass is 35.5. The van der Waals surface area contributed by atoms with Gasteiger partial charge in [-0.2, -0.15) is 0 Å². The van der Waals surface area contributed by atoms with Crippen LogP contribution in [0.1, 0.15) is 45.8 Å². The maximum atomic E-state index is 11.9. The van der Waals surface area contributed by atoms with Gasteiger partial charge in [-0.15, -0.1) is 0 Å². The van der Waals surface area contributed by atoms with E-state index in [9.17, 15) is 9.90 Å². The standard InChI is InChI=1S/C15H22ClNO2/c1-10(15(2,3)4)17-14(19)9-13(18)11-5-7-12(16)8-6-11/h5-8,10,13,18H,9H2,1-4H3,(H,17,19). The number of hydrogen-bond donors (Lipinski definition) is 2. The molecule has 2 unspecified atom stereocenters. The van der Waals surface area contributed by atoms with Crippen LogP contribution in [0.2, 0.25) is 5.02 Å². The summed E-state index contributed by atoms with van der Waals surface area (Å²) < 4.78 is 0. The zero-order valence-corrected chi connectivity index (χ0v) is 12.7. The van der Waals surface area contributed by atoms with Crippen LogP contribution < -0.4 is 5.32 Å². The van der Waals surface area contributed by atoms with Crippen LogP contribution in [0.5, 0.6) is 0 Å². The first-order valence-corrected chi connectivity index (χ1v) is 6.81. The molecule has 0 saturated carbocycles. The lowest BCUT2D eigenvalue weighted by Gasteiger charge is -2.28. The zero-order chi connectivity index (χ0) is 14.6. The van der Waals surface area contributed by atoms with E-state index in [0.717, 1.165) is 0 Å². The lowest BCUT2D eigenvalue weighted by Crippen LogP contribution is -2.41. The summed E-state index contributed by atoms with van der Waals surface area (Å²) in [6.45, 7) is 8.15. The molecule has 1 amide bonds. The third kappa shape index (κ3) is 5.21. The fourth-order valence-electron chi connectivity index (χ4n) is 1.50. The Kier molecular flexibility index (Phi) is 5.39. The van der Waals surface area contributed by atoms with Gasteiger partial charge in [0.2, 0.25) is 5.91 Å². The molecule has 3 nitrogen and oxygen atoms in total. The summed E-state index contributed by atoms with van der Waals surface area (Å²) in [5.74, 6) is -0.148. The average Bonchev–Trinajstić information content (AvgIpc) is 2.28. The number of nitrogens with one attached hydrogen (secondary N) is 1. The van der Waals surface area contributed by atoms with E-state index in [1.54, 1.807) is 24.3 Å². The van der Waals surface area contributed by atoms with E-state index in [0.29, 0.717) is 10.6 Å². The van der Waals surface area contributed by atoms with Crippen molar-refractivity contribution < 1.29 is 9.90 Å². The number of carbonyl (C=O) groups excluding carboxylic acids is 1. The van der Waals surface area contributed by atoms with Crippen LogP contribution in [-0.4, -0.2) is 17.1 Å². The van der Waals surface area contributed by atoms with Gasteiger partial charge in [0, 0.05) is 11.1 Å². The van der Waals surface area contributed by atoms with Gasteiger partial charge in [0.25, 0.3) is 0 Å². The molecular weight excluding hydrogens is 262 g/mol. The van der Waals surface area contributed by atoms with Crippen molar-refractivity contribution in [3.8, 4) is 0 Å². The van der Waals surface area contributed by atoms with E-state index in [1.807, 2.05) is 6.92 Å². The second-order valence-electron chi connectivity index (χ2n) is 5.93. The predicted octanol–water partition coefficient (Wildman–Crippen LogP) is 3.31. The molecular formula is C15H22ClNO2. The van der Waals surface area contributed by atoms with Crippen LogP contribution in [-0.2, 0) is 4.79 Å². The molecule has 2 N–H and O–H groups in total. The first-order valence-electron chi connectivity index (χ1n) is 6.43. The monoisotopic (exact) mass is 283 g/mol. The van der Waals surface area contributed by atoms with E-state index < -0.39 is 6.10 Å². The number of carbonyl (C=O) groups is 1. The molecule has 0 heterocycles. The number of aliphatic hydroxyl groups is 1. The van der Waals surface area contributed by atoms with Crippen molar-refractivity contribution in [2.45, 2.75) is 46.3 Å². The van der Waals surface area contributed by atoms with E-state index in [2.05, 4.69) is 26.1 Å². The van der Waals surface area contributed by atoms with Crippen LogP contribution in [0, 0.1) is 5.41 Å². The van der Waals surface area contributed by atoms with Crippen molar-refractivity contribution in [3.05, 3.63) is 34.9 Å². The second-order valence-corrected chi connectivity index (χ2v) is 6.36. The van der Waals surface area contributed by atoms with Crippen LogP contribution in [0.15, 0.2) is 24.3 Å². The number of hydrogen-bond acceptors (Lipinski definition) is 2. The molecule has 0 aliphatic heterocycles. The highest BCUT2D eigenvalue weighted by Crippen LogP contribution is 2.21. The Morgan fingerprint density at radius 3 is 2.32 bits per heavy atom. The van der Waals surface area contributed by atoms with Gasteiger partial charge in [0.05, 0.1) is 12.5 Å². The van der Waals surface area contributed by atoms with Crippen molar-refractivity contribution in [3.63, 3.8) is 0 Å². The fraction of sp³-hybridized carbons (Fsp3) is 0.533. The topological polar surface area (TPSA) is 49.3 Å². The summed E-state index contributed by atoms with van der Waals surface area (Å²) in [5.41, 5.74) is 0.698. The smallest absolute Gasteiger partial charge is 0.223 e. The van der Waals surface area contributed by atoms with E-state index in [-0.39, 0.29) is 23.8 Å². The second kappa shape index (κ2) is 6.40. The molecule has 1 rings (SSSR count). The Morgan fingerprint density at radius 1 is 1.32 bits per heavy atom. The minimum absolute atomic E-state index is 0.000878. The first kappa shape index (κ1) is 16.0. The van der Waals surface area contributed by atoms with Crippen molar-refractivity contribution in [1.82, 2.24) is 5.32 Å². The fourth-order valence-corrected chi connectivity index (χ4v) is 1.62. The Bertz CT molecular complexity index is 423. The van der Waals surface area contributed by atoms with Crippen molar-refractivity contribution in [2.75, 3.05) is 0 Å². The predicted molar refractivity (Wildman–Crippen MR) is 78.1 cm³/mol. The molecule has 0 fully saturated rings. The summed E-state index contributed by atoms with van der Waals surface area (Å²) >= 11 is 5.78. The Hall–Kier alpha value is -1.06. The summed E-state index contributed by atoms with van der Waals surface area (Å²) in [6, 6.07) is 6.92. The van der Waals surface area contributed by atoms with Gasteiger partial charge >= 0.3 is 0 Å². The molecule has 0 saturated heterocycles. The number of amides is 1. The van der Waals surface area contributed by atoms with Gasteiger partial charge in [0.15, 0.2) is 0 Å². The van der Waals surface area contributed by atoms with E-state index in [4.69, 9.17) is 11.6 Å². The van der Waals surface area contributed by atoms with Crippen molar-refractivity contribution >= 4 is 17.5 Å². The minimum atomic E-state index is -0.801. The summed E-state index contributed by atoms with van der Waals surface area (Å²) in [7, 11) is 0. The summed E-state index contributed by atoms with van der Waals surface area (Å²) in [4.78, 5) is 11.9. The molecule has 4 heteroatoms. The lowest BCUT2D eigenvalue weighted by molar-refractivity contribution is -0.124. The molecule has 0 spiro atoms. The Morgan fingerprint density at radius 2 is 1.84 bits per heavy atom. The van der Waals surface area contributed by atoms with Gasteiger partial charge in [-0.3, -0.25) is 4.79 Å². The Balaban J connectivity index is 2.55. The van der Waals surface area contributed by atoms with Crippen LogP contribution in [0.25, 0.3) is 0 Å². The van der Waals surface area contributed by atoms with Gasteiger partial charge in [-0.25, -0.2) is 0 Å². The Labute approximate surface area is 120 Å². The molecule has 1 aromatic carbocycles. The number of benzene rings is 1. The highest BCUT2D eigenvalue weighted by molar-refractivity contribution is 6.30. The number of halogens is 1. The first-order chi connectivity index (χ1) is 8.70. The third-order valence-corrected chi connectivity index (χ3v) is 3.56. The lowest BCUT2D eigenvalue weighted by atomic mass is 9.88. The molecule has 0 aliphatic carbocycles. The van der Waals surface area contributed by atoms with Crippen molar-refractivity contribution in [1.29, 1.82) is 0 Å². The van der Waals surface area contributed by atoms with E-state index in [1.165, 1.54) is 0 Å². The largest absolute Gasteiger partial charge is 0.388 e. The minimum Gasteiger partial charge on any atom is -0.388 e. The maximum Gasteiger partial charge on any atom is 0.223 e. The van der Waals surface area contributed by atoms with Crippen LogP contribution in [0.4, 0.5) is 0 Å². The zero-order valence-electron chi connectivity index (χ0n) is 11.9. The molecule has 1 aromatic rings. The molecule has 0 bridgehead atoms. The number of rotatable bonds is 4. The van der Waals surface area contributed by atoms with Gasteiger partial charge in [0.1, 0.15) is 0 Å².